The maximum absolute atomic E-state index is 15.6. The van der Waals surface area contributed by atoms with Crippen LogP contribution < -0.4 is 21.4 Å². The maximum atomic E-state index is 15.6. The van der Waals surface area contributed by atoms with Crippen LogP contribution in [0.15, 0.2) is 48.5 Å². The number of halogens is 28. The molecule has 0 saturated carbocycles. The zero-order valence-corrected chi connectivity index (χ0v) is 29.2. The average Bonchev–Trinajstić information content (AvgIpc) is 3.93. The van der Waals surface area contributed by atoms with Gasteiger partial charge >= 0.3 is 72.1 Å². The summed E-state index contributed by atoms with van der Waals surface area (Å²) < 4.78 is 403. The third kappa shape index (κ3) is 6.97. The molecular weight excluding hydrogens is 972 g/mol. The molecule has 356 valence electrons. The van der Waals surface area contributed by atoms with E-state index in [-0.39, 0.29) is 0 Å². The van der Waals surface area contributed by atoms with Crippen molar-refractivity contribution in [2.75, 3.05) is 0 Å². The van der Waals surface area contributed by atoms with Gasteiger partial charge in [-0.3, -0.25) is 0 Å². The first-order valence-electron chi connectivity index (χ1n) is 15.9. The lowest BCUT2D eigenvalue weighted by Gasteiger charge is -2.30. The van der Waals surface area contributed by atoms with E-state index in [0.29, 0.717) is 0 Å². The number of hydrogen-bond donors (Lipinski definition) is 4. The second-order valence-corrected chi connectivity index (χ2v) is 13.2. The van der Waals surface area contributed by atoms with Crippen LogP contribution >= 0.6 is 0 Å². The van der Waals surface area contributed by atoms with E-state index in [9.17, 15) is 87.8 Å². The first-order chi connectivity index (χ1) is 28.4. The van der Waals surface area contributed by atoms with E-state index in [1.165, 1.54) is 0 Å². The minimum atomic E-state index is -7.48. The molecule has 64 heavy (non-hydrogen) atoms. The molecule has 5 rings (SSSR count). The van der Waals surface area contributed by atoms with E-state index in [4.69, 9.17) is 0 Å². The van der Waals surface area contributed by atoms with Gasteiger partial charge in [-0.1, -0.05) is 0 Å². The first kappa shape index (κ1) is 49.7. The molecule has 4 aromatic heterocycles. The molecule has 0 spiro atoms. The molecule has 0 radical (unpaired) electrons. The average molecular weight is 984 g/mol. The van der Waals surface area contributed by atoms with E-state index in [0.717, 1.165) is 19.9 Å². The fraction of sp³-hybridized carbons (Fsp3) is 0.375. The van der Waals surface area contributed by atoms with Crippen LogP contribution in [0, 0.1) is 0 Å². The van der Waals surface area contributed by atoms with Crippen molar-refractivity contribution in [2.24, 2.45) is 0 Å². The summed E-state index contributed by atoms with van der Waals surface area (Å²) in [5.41, 5.74) is -21.6. The Morgan fingerprint density at radius 1 is 0.219 bits per heavy atom. The van der Waals surface area contributed by atoms with Crippen LogP contribution in [-0.2, 0) is 0 Å². The normalized spacial score (nSPS) is 16.3. The molecule has 0 unspecified atom stereocenters. The number of aromatic nitrogens is 4. The van der Waals surface area contributed by atoms with Crippen molar-refractivity contribution in [2.45, 2.75) is 72.1 Å². The van der Waals surface area contributed by atoms with Gasteiger partial charge < -0.3 is 19.9 Å². The Labute approximate surface area is 330 Å². The van der Waals surface area contributed by atoms with Crippen molar-refractivity contribution in [3.63, 3.8) is 0 Å². The topological polar surface area (TPSA) is 63.2 Å². The third-order valence-electron chi connectivity index (χ3n) is 9.16. The summed E-state index contributed by atoms with van der Waals surface area (Å²) in [6.45, 7) is 0. The molecule has 0 saturated heterocycles. The SMILES string of the molecule is FC(F)(F)C(F)(F)C(F)(F)C1=c2ccc([nH]2)=C(C(F)(F)C(F)(F)C(F)(F)F)c2ccc([nH]2)C(C(F)(F)C(F)(F)C(F)(F)F)=c2ccc([nH]2)=C(C(F)(F)C(F)(F)C(F)(F)F)c2ccc1[nH]2. The molecule has 4 aromatic rings. The molecule has 0 amide bonds. The van der Waals surface area contributed by atoms with Crippen molar-refractivity contribution in [3.05, 3.63) is 92.7 Å². The second-order valence-electron chi connectivity index (χ2n) is 13.2. The molecule has 0 aromatic carbocycles. The van der Waals surface area contributed by atoms with Crippen LogP contribution in [0.1, 0.15) is 22.8 Å². The predicted octanol–water partition coefficient (Wildman–Crippen LogP) is 9.44. The van der Waals surface area contributed by atoms with Gasteiger partial charge in [0, 0.05) is 0 Å². The van der Waals surface area contributed by atoms with Crippen LogP contribution in [-0.4, -0.2) is 92.0 Å². The number of alkyl halides is 28. The number of aromatic amines is 4. The van der Waals surface area contributed by atoms with Gasteiger partial charge in [-0.05, 0) is 48.5 Å². The fourth-order valence-electron chi connectivity index (χ4n) is 6.02. The number of H-pyrrole nitrogens is 4. The Balaban J connectivity index is 2.17. The summed E-state index contributed by atoms with van der Waals surface area (Å²) in [5.74, 6) is -57.9. The van der Waals surface area contributed by atoms with Crippen molar-refractivity contribution < 1.29 is 123 Å². The highest BCUT2D eigenvalue weighted by Crippen LogP contribution is 2.56. The number of hydrogen-bond acceptors (Lipinski definition) is 0. The minimum absolute atomic E-state index is 0.432. The van der Waals surface area contributed by atoms with E-state index in [1.54, 1.807) is 0 Å². The molecule has 4 N–H and O–H groups in total. The summed E-state index contributed by atoms with van der Waals surface area (Å²) in [5, 5.41) is -9.17. The summed E-state index contributed by atoms with van der Waals surface area (Å²) in [6.07, 6.45) is -29.8. The Hall–Kier alpha value is -5.36. The highest BCUT2D eigenvalue weighted by molar-refractivity contribution is 5.77. The zero-order valence-electron chi connectivity index (χ0n) is 29.2. The fourth-order valence-corrected chi connectivity index (χ4v) is 6.02. The maximum Gasteiger partial charge on any atom is 0.460 e. The summed E-state index contributed by atoms with van der Waals surface area (Å²) in [6, 6.07) is -3.45. The monoisotopic (exact) mass is 984 g/mol. The summed E-state index contributed by atoms with van der Waals surface area (Å²) >= 11 is 0. The van der Waals surface area contributed by atoms with E-state index < -0.39 is 187 Å². The molecule has 4 nitrogen and oxygen atoms in total. The van der Waals surface area contributed by atoms with Gasteiger partial charge in [0.2, 0.25) is 0 Å². The Bertz CT molecular complexity index is 2330. The first-order valence-corrected chi connectivity index (χ1v) is 15.9. The van der Waals surface area contributed by atoms with Crippen LogP contribution in [0.2, 0.25) is 0 Å². The van der Waals surface area contributed by atoms with Gasteiger partial charge in [0.05, 0.1) is 66.5 Å². The van der Waals surface area contributed by atoms with Crippen molar-refractivity contribution in [3.8, 4) is 0 Å². The molecular formula is C32H12F28N4. The molecule has 0 fully saturated rings. The van der Waals surface area contributed by atoms with Crippen molar-refractivity contribution in [1.82, 2.24) is 19.9 Å². The highest BCUT2D eigenvalue weighted by atomic mass is 19.5. The van der Waals surface area contributed by atoms with E-state index in [2.05, 4.69) is 0 Å². The zero-order chi connectivity index (χ0) is 49.4. The number of nitrogens with one attached hydrogen (secondary N) is 4. The summed E-state index contributed by atoms with van der Waals surface area (Å²) in [7, 11) is 0. The van der Waals surface area contributed by atoms with Crippen LogP contribution in [0.3, 0.4) is 0 Å². The van der Waals surface area contributed by atoms with Crippen LogP contribution in [0.4, 0.5) is 123 Å². The molecule has 1 aliphatic rings. The van der Waals surface area contributed by atoms with Gasteiger partial charge in [0.25, 0.3) is 0 Å². The molecule has 32 heteroatoms. The lowest BCUT2D eigenvalue weighted by molar-refractivity contribution is -0.339. The molecule has 0 atom stereocenters. The van der Waals surface area contributed by atoms with Gasteiger partial charge in [0.15, 0.2) is 0 Å². The quantitative estimate of drug-likeness (QED) is 0.127. The minimum Gasteiger partial charge on any atom is -0.355 e. The highest BCUT2D eigenvalue weighted by Gasteiger charge is 2.78. The van der Waals surface area contributed by atoms with Gasteiger partial charge in [0.1, 0.15) is 0 Å². The van der Waals surface area contributed by atoms with Crippen molar-refractivity contribution >= 4 is 22.3 Å². The van der Waals surface area contributed by atoms with E-state index in [1.807, 2.05) is 0 Å². The summed E-state index contributed by atoms with van der Waals surface area (Å²) in [4.78, 5) is 3.98. The number of fused-ring (bicyclic) bond motifs is 8. The van der Waals surface area contributed by atoms with Crippen LogP contribution in [0.25, 0.3) is 22.3 Å². The van der Waals surface area contributed by atoms with Crippen molar-refractivity contribution in [1.29, 1.82) is 0 Å². The molecule has 0 aliphatic carbocycles. The Morgan fingerprint density at radius 2 is 0.375 bits per heavy atom. The number of rotatable bonds is 8. The smallest absolute Gasteiger partial charge is 0.355 e. The molecule has 1 aliphatic heterocycles. The van der Waals surface area contributed by atoms with Gasteiger partial charge in [-0.2, -0.15) is 123 Å². The predicted molar refractivity (Wildman–Crippen MR) is 156 cm³/mol. The van der Waals surface area contributed by atoms with E-state index >= 15 is 35.1 Å². The Kier molecular flexibility index (Phi) is 10.9. The lowest BCUT2D eigenvalue weighted by Crippen LogP contribution is -2.54. The molecule has 5 heterocycles. The van der Waals surface area contributed by atoms with Gasteiger partial charge in [-0.15, -0.1) is 0 Å². The largest absolute Gasteiger partial charge is 0.460 e. The van der Waals surface area contributed by atoms with Gasteiger partial charge in [-0.25, -0.2) is 0 Å². The lowest BCUT2D eigenvalue weighted by atomic mass is 9.98. The third-order valence-corrected chi connectivity index (χ3v) is 9.16. The standard InChI is InChI=1S/C32H12F28N4/c33-21(34,25(41,42)29(49,50)51)17-9-1-2-10(61-9)18(22(35,36)26(43,44)30(52,53)54)12-5-6-14(63-12)20(24(39,40)28(47,48)32(58,59)60)16-8-7-15(64-16)19(13-4-3-11(17)62-13)23(37,38)27(45,46)31(55,56)57/h1-8,61-64H. The molecule has 8 bridgehead atoms. The second kappa shape index (κ2) is 14.1. The van der Waals surface area contributed by atoms with Crippen LogP contribution in [0.5, 0.6) is 0 Å². The Morgan fingerprint density at radius 3 is 0.516 bits per heavy atom.